The number of rotatable bonds is 9. The summed E-state index contributed by atoms with van der Waals surface area (Å²) in [6.07, 6.45) is 0. The smallest absolute Gasteiger partial charge is 0.180 e. The highest BCUT2D eigenvalue weighted by Gasteiger charge is 2.45. The molecule has 0 aliphatic rings. The first-order chi connectivity index (χ1) is 34.3. The molecular formula is C66H46N2Si. The molecule has 69 heavy (non-hydrogen) atoms. The Bertz CT molecular complexity index is 3880. The molecule has 0 radical (unpaired) electrons. The van der Waals surface area contributed by atoms with Gasteiger partial charge in [-0.3, -0.25) is 0 Å². The van der Waals surface area contributed by atoms with Crippen LogP contribution in [0.25, 0.3) is 88.4 Å². The molecule has 0 aliphatic carbocycles. The van der Waals surface area contributed by atoms with Crippen LogP contribution in [-0.2, 0) is 0 Å². The molecule has 13 aromatic rings. The van der Waals surface area contributed by atoms with Crippen LogP contribution in [0.2, 0.25) is 0 Å². The zero-order chi connectivity index (χ0) is 45.7. The molecule has 0 saturated heterocycles. The maximum Gasteiger partial charge on any atom is 0.180 e. The minimum absolute atomic E-state index is 1.12. The van der Waals surface area contributed by atoms with Gasteiger partial charge in [0.2, 0.25) is 0 Å². The van der Waals surface area contributed by atoms with E-state index in [0.717, 1.165) is 16.9 Å². The largest absolute Gasteiger partial charge is 0.307 e. The zero-order valence-corrected chi connectivity index (χ0v) is 39.0. The summed E-state index contributed by atoms with van der Waals surface area (Å²) in [5, 5.41) is 10.4. The predicted octanol–water partition coefficient (Wildman–Crippen LogP) is 14.3. The lowest BCUT2D eigenvalue weighted by molar-refractivity contribution is 1.13. The molecule has 0 amide bonds. The molecule has 13 rings (SSSR count). The summed E-state index contributed by atoms with van der Waals surface area (Å²) in [4.78, 5) is 0. The number of hydrogen-bond acceptors (Lipinski definition) is 0. The fourth-order valence-corrected chi connectivity index (χ4v) is 16.6. The highest BCUT2D eigenvalue weighted by atomic mass is 28.3. The van der Waals surface area contributed by atoms with Gasteiger partial charge in [0.05, 0.1) is 27.8 Å². The van der Waals surface area contributed by atoms with Crippen LogP contribution in [0.4, 0.5) is 0 Å². The number of hydrogen-bond donors (Lipinski definition) is 0. The van der Waals surface area contributed by atoms with Crippen molar-refractivity contribution in [3.8, 4) is 44.8 Å². The van der Waals surface area contributed by atoms with Crippen molar-refractivity contribution in [2.24, 2.45) is 0 Å². The lowest BCUT2D eigenvalue weighted by Crippen LogP contribution is -2.75. The average Bonchev–Trinajstić information content (AvgIpc) is 3.96. The van der Waals surface area contributed by atoms with Gasteiger partial charge < -0.3 is 9.13 Å². The minimum atomic E-state index is -3.22. The number of aromatic nitrogens is 2. The van der Waals surface area contributed by atoms with Crippen LogP contribution in [0.15, 0.2) is 279 Å². The van der Waals surface area contributed by atoms with E-state index in [1.807, 2.05) is 0 Å². The number of benzene rings is 11. The normalized spacial score (nSPS) is 11.8. The Morgan fingerprint density at radius 3 is 1.36 bits per heavy atom. The topological polar surface area (TPSA) is 9.86 Å². The van der Waals surface area contributed by atoms with E-state index in [2.05, 4.69) is 288 Å². The molecule has 2 aromatic heterocycles. The third kappa shape index (κ3) is 6.47. The number of fused-ring (bicyclic) bond motifs is 6. The molecule has 2 nitrogen and oxygen atoms in total. The van der Waals surface area contributed by atoms with Crippen LogP contribution < -0.4 is 20.7 Å². The SMILES string of the molecule is c1ccc(-c2cccc(-n3c4ccccc4c4cccc(-n5c6cccc(-c7ccccc7)c6c6c([Si](c7ccccc7)(c7ccccc7)c7ccccc7)c(-c7ccccc7)ccc65)c43)c2)cc1. The van der Waals surface area contributed by atoms with Crippen molar-refractivity contribution in [3.05, 3.63) is 279 Å². The molecule has 0 fully saturated rings. The zero-order valence-electron chi connectivity index (χ0n) is 38.0. The predicted molar refractivity (Wildman–Crippen MR) is 295 cm³/mol. The lowest BCUT2D eigenvalue weighted by Gasteiger charge is -2.37. The lowest BCUT2D eigenvalue weighted by atomic mass is 9.97. The monoisotopic (exact) mass is 894 g/mol. The van der Waals surface area contributed by atoms with E-state index in [-0.39, 0.29) is 0 Å². The second-order valence-corrected chi connectivity index (χ2v) is 21.7. The van der Waals surface area contributed by atoms with Crippen LogP contribution in [0.5, 0.6) is 0 Å². The van der Waals surface area contributed by atoms with Crippen LogP contribution in [0.1, 0.15) is 0 Å². The van der Waals surface area contributed by atoms with Crippen molar-refractivity contribution in [2.45, 2.75) is 0 Å². The van der Waals surface area contributed by atoms with Crippen molar-refractivity contribution < 1.29 is 0 Å². The number of nitrogens with zero attached hydrogens (tertiary/aromatic N) is 2. The molecule has 11 aromatic carbocycles. The maximum atomic E-state index is 2.59. The van der Waals surface area contributed by atoms with Crippen molar-refractivity contribution in [3.63, 3.8) is 0 Å². The van der Waals surface area contributed by atoms with Crippen LogP contribution in [0, 0.1) is 0 Å². The third-order valence-corrected chi connectivity index (χ3v) is 19.1. The van der Waals surface area contributed by atoms with E-state index in [1.54, 1.807) is 0 Å². The molecule has 3 heteroatoms. The maximum absolute atomic E-state index is 3.22. The van der Waals surface area contributed by atoms with E-state index in [1.165, 1.54) is 92.2 Å². The first-order valence-electron chi connectivity index (χ1n) is 23.9. The molecule has 0 bridgehead atoms. The standard InChI is InChI=1S/C66H46N2Si/c1-7-24-47(25-8-1)50-30-21-31-51(46-50)67-59-41-20-19-38-57(59)58-40-23-43-62(65(58)67)68-60-42-22-39-55(48-26-9-2-10-27-48)63(60)64-61(68)45-44-56(49-28-11-3-12-29-49)66(64)69(52-32-13-4-14-33-52,53-34-15-5-16-35-53)54-36-17-6-18-37-54/h1-46H. The van der Waals surface area contributed by atoms with E-state index in [9.17, 15) is 0 Å². The fourth-order valence-electron chi connectivity index (χ4n) is 11.4. The Hall–Kier alpha value is -8.76. The van der Waals surface area contributed by atoms with Crippen LogP contribution >= 0.6 is 0 Å². The summed E-state index contributed by atoms with van der Waals surface area (Å²) in [7, 11) is -3.22. The Labute approximate surface area is 403 Å². The Morgan fingerprint density at radius 2 is 0.739 bits per heavy atom. The summed E-state index contributed by atoms with van der Waals surface area (Å²) in [6.45, 7) is 0. The Kier molecular flexibility index (Phi) is 9.88. The quantitative estimate of drug-likeness (QED) is 0.101. The highest BCUT2D eigenvalue weighted by molar-refractivity contribution is 7.21. The van der Waals surface area contributed by atoms with Crippen LogP contribution in [-0.4, -0.2) is 17.2 Å². The molecule has 0 spiro atoms. The Balaban J connectivity index is 1.26. The first-order valence-corrected chi connectivity index (χ1v) is 25.9. The molecule has 0 aliphatic heterocycles. The van der Waals surface area contributed by atoms with Crippen LogP contribution in [0.3, 0.4) is 0 Å². The van der Waals surface area contributed by atoms with Crippen molar-refractivity contribution in [1.29, 1.82) is 0 Å². The molecule has 0 N–H and O–H groups in total. The van der Waals surface area contributed by atoms with Crippen molar-refractivity contribution >= 4 is 72.4 Å². The van der Waals surface area contributed by atoms with Gasteiger partial charge in [-0.25, -0.2) is 0 Å². The molecule has 0 unspecified atom stereocenters. The summed E-state index contributed by atoms with van der Waals surface area (Å²) >= 11 is 0. The summed E-state index contributed by atoms with van der Waals surface area (Å²) in [6, 6.07) is 104. The summed E-state index contributed by atoms with van der Waals surface area (Å²) in [5.41, 5.74) is 14.2. The van der Waals surface area contributed by atoms with Gasteiger partial charge in [-0.2, -0.15) is 0 Å². The number of para-hydroxylation sites is 2. The van der Waals surface area contributed by atoms with Crippen molar-refractivity contribution in [1.82, 2.24) is 9.13 Å². The van der Waals surface area contributed by atoms with E-state index < -0.39 is 8.07 Å². The first kappa shape index (κ1) is 40.5. The van der Waals surface area contributed by atoms with Gasteiger partial charge in [0, 0.05) is 27.2 Å². The molecule has 0 saturated carbocycles. The summed E-state index contributed by atoms with van der Waals surface area (Å²) < 4.78 is 5.09. The summed E-state index contributed by atoms with van der Waals surface area (Å²) in [5.74, 6) is 0. The van der Waals surface area contributed by atoms with E-state index >= 15 is 0 Å². The fraction of sp³-hybridized carbons (Fsp3) is 0. The van der Waals surface area contributed by atoms with Gasteiger partial charge in [0.25, 0.3) is 0 Å². The third-order valence-electron chi connectivity index (χ3n) is 14.2. The molecule has 324 valence electrons. The average molecular weight is 895 g/mol. The molecular weight excluding hydrogens is 849 g/mol. The second-order valence-electron chi connectivity index (χ2n) is 17.9. The highest BCUT2D eigenvalue weighted by Crippen LogP contribution is 2.44. The van der Waals surface area contributed by atoms with E-state index in [4.69, 9.17) is 0 Å². The van der Waals surface area contributed by atoms with E-state index in [0.29, 0.717) is 0 Å². The van der Waals surface area contributed by atoms with Gasteiger partial charge in [-0.05, 0) is 90.5 Å². The van der Waals surface area contributed by atoms with Gasteiger partial charge in [-0.1, -0.05) is 243 Å². The second kappa shape index (κ2) is 16.8. The van der Waals surface area contributed by atoms with Gasteiger partial charge >= 0.3 is 0 Å². The van der Waals surface area contributed by atoms with Gasteiger partial charge in [0.15, 0.2) is 8.07 Å². The molecule has 0 atom stereocenters. The van der Waals surface area contributed by atoms with Crippen molar-refractivity contribution in [2.75, 3.05) is 0 Å². The van der Waals surface area contributed by atoms with Gasteiger partial charge in [0.1, 0.15) is 0 Å². The minimum Gasteiger partial charge on any atom is -0.307 e. The molecule has 2 heterocycles. The Morgan fingerprint density at radius 1 is 0.275 bits per heavy atom. The van der Waals surface area contributed by atoms with Gasteiger partial charge in [-0.15, -0.1) is 0 Å².